The number of ether oxygens (including phenoxy) is 2. The lowest BCUT2D eigenvalue weighted by Crippen LogP contribution is -2.54. The number of rotatable bonds is 15. The first-order valence-electron chi connectivity index (χ1n) is 15.3. The summed E-state index contributed by atoms with van der Waals surface area (Å²) in [7, 11) is -2.82. The number of carbonyl (C=O) groups is 2. The van der Waals surface area contributed by atoms with E-state index in [0.29, 0.717) is 23.7 Å². The molecule has 0 saturated carbocycles. The summed E-state index contributed by atoms with van der Waals surface area (Å²) in [5.74, 6) is -0.534. The molecule has 4 aromatic carbocycles. The number of hydrogen-bond acceptors (Lipinski definition) is 6. The SMILES string of the molecule is CCOc1ccc(S(=O)(=O)N(CC(=O)N(Cc2cccc(OC)c2)C(Cc2ccccc2)C(=O)NC(C)C)c2ccc(F)cc2)cc1. The molecule has 0 aliphatic carbocycles. The molecule has 9 nitrogen and oxygen atoms in total. The summed E-state index contributed by atoms with van der Waals surface area (Å²) < 4.78 is 54.1. The lowest BCUT2D eigenvalue weighted by molar-refractivity contribution is -0.140. The molecular weight excluding hydrogens is 621 g/mol. The normalized spacial score (nSPS) is 11.9. The van der Waals surface area contributed by atoms with Gasteiger partial charge in [-0.1, -0.05) is 42.5 Å². The van der Waals surface area contributed by atoms with Crippen LogP contribution in [0.2, 0.25) is 0 Å². The molecule has 0 bridgehead atoms. The van der Waals surface area contributed by atoms with Gasteiger partial charge in [-0.15, -0.1) is 0 Å². The van der Waals surface area contributed by atoms with Gasteiger partial charge in [-0.2, -0.15) is 0 Å². The monoisotopic (exact) mass is 661 g/mol. The molecule has 0 aliphatic heterocycles. The molecule has 0 aromatic heterocycles. The number of benzene rings is 4. The Kier molecular flexibility index (Phi) is 12.0. The molecule has 11 heteroatoms. The van der Waals surface area contributed by atoms with E-state index in [0.717, 1.165) is 22.0 Å². The van der Waals surface area contributed by atoms with Gasteiger partial charge in [0.15, 0.2) is 0 Å². The van der Waals surface area contributed by atoms with Gasteiger partial charge in [0, 0.05) is 19.0 Å². The van der Waals surface area contributed by atoms with E-state index in [1.807, 2.05) is 51.1 Å². The quantitative estimate of drug-likeness (QED) is 0.178. The van der Waals surface area contributed by atoms with Gasteiger partial charge >= 0.3 is 0 Å². The molecule has 0 heterocycles. The lowest BCUT2D eigenvalue weighted by atomic mass is 10.0. The van der Waals surface area contributed by atoms with E-state index < -0.39 is 34.3 Å². The molecule has 0 aliphatic rings. The van der Waals surface area contributed by atoms with Crippen molar-refractivity contribution in [1.29, 1.82) is 0 Å². The summed E-state index contributed by atoms with van der Waals surface area (Å²) >= 11 is 0. The zero-order valence-corrected chi connectivity index (χ0v) is 27.7. The van der Waals surface area contributed by atoms with Gasteiger partial charge in [-0.05, 0) is 92.6 Å². The van der Waals surface area contributed by atoms with Gasteiger partial charge in [0.25, 0.3) is 10.0 Å². The lowest BCUT2D eigenvalue weighted by Gasteiger charge is -2.34. The van der Waals surface area contributed by atoms with Crippen LogP contribution in [0.3, 0.4) is 0 Å². The summed E-state index contributed by atoms with van der Waals surface area (Å²) in [5, 5.41) is 2.93. The molecule has 1 atom stereocenters. The fourth-order valence-corrected chi connectivity index (χ4v) is 6.45. The second-order valence-electron chi connectivity index (χ2n) is 11.1. The smallest absolute Gasteiger partial charge is 0.264 e. The number of nitrogens with zero attached hydrogens (tertiary/aromatic N) is 2. The molecule has 0 spiro atoms. The average Bonchev–Trinajstić information content (AvgIpc) is 3.06. The van der Waals surface area contributed by atoms with Gasteiger partial charge in [-0.3, -0.25) is 13.9 Å². The first-order valence-corrected chi connectivity index (χ1v) is 16.7. The first kappa shape index (κ1) is 35.0. The Bertz CT molecular complexity index is 1730. The maximum atomic E-state index is 14.5. The minimum atomic E-state index is -4.35. The predicted octanol–water partition coefficient (Wildman–Crippen LogP) is 5.59. The third-order valence-corrected chi connectivity index (χ3v) is 9.09. The molecule has 2 amide bonds. The van der Waals surface area contributed by atoms with E-state index in [1.54, 1.807) is 24.3 Å². The Labute approximate surface area is 276 Å². The van der Waals surface area contributed by atoms with Crippen LogP contribution < -0.4 is 19.1 Å². The van der Waals surface area contributed by atoms with Crippen molar-refractivity contribution in [3.05, 3.63) is 120 Å². The topological polar surface area (TPSA) is 105 Å². The van der Waals surface area contributed by atoms with Gasteiger partial charge in [-0.25, -0.2) is 12.8 Å². The third kappa shape index (κ3) is 9.32. The molecular formula is C36H40FN3O6S. The molecule has 1 N–H and O–H groups in total. The third-order valence-electron chi connectivity index (χ3n) is 7.31. The molecule has 4 rings (SSSR count). The van der Waals surface area contributed by atoms with Crippen molar-refractivity contribution in [2.75, 3.05) is 24.6 Å². The molecule has 47 heavy (non-hydrogen) atoms. The van der Waals surface area contributed by atoms with Crippen LogP contribution in [0, 0.1) is 5.82 Å². The number of hydrogen-bond donors (Lipinski definition) is 1. The van der Waals surface area contributed by atoms with Crippen molar-refractivity contribution < 1.29 is 31.9 Å². The molecule has 248 valence electrons. The Morgan fingerprint density at radius 1 is 0.851 bits per heavy atom. The van der Waals surface area contributed by atoms with Gasteiger partial charge < -0.3 is 19.7 Å². The summed E-state index contributed by atoms with van der Waals surface area (Å²) in [5.41, 5.74) is 1.58. The maximum absolute atomic E-state index is 14.5. The first-order chi connectivity index (χ1) is 22.5. The molecule has 0 radical (unpaired) electrons. The zero-order chi connectivity index (χ0) is 34.0. The Morgan fingerprint density at radius 2 is 1.51 bits per heavy atom. The summed E-state index contributed by atoms with van der Waals surface area (Å²) in [4.78, 5) is 29.6. The van der Waals surface area contributed by atoms with E-state index in [1.165, 1.54) is 48.4 Å². The molecule has 0 fully saturated rings. The van der Waals surface area contributed by atoms with Crippen LogP contribution in [0.4, 0.5) is 10.1 Å². The minimum absolute atomic E-state index is 0.0145. The summed E-state index contributed by atoms with van der Waals surface area (Å²) in [6.45, 7) is 5.19. The van der Waals surface area contributed by atoms with Gasteiger partial charge in [0.2, 0.25) is 11.8 Å². The molecule has 4 aromatic rings. The predicted molar refractivity (Wildman–Crippen MR) is 179 cm³/mol. The van der Waals surface area contributed by atoms with Crippen molar-refractivity contribution in [2.45, 2.75) is 50.7 Å². The highest BCUT2D eigenvalue weighted by Gasteiger charge is 2.35. The molecule has 0 saturated heterocycles. The summed E-state index contributed by atoms with van der Waals surface area (Å²) in [6.07, 6.45) is 0.178. The Balaban J connectivity index is 1.80. The van der Waals surface area contributed by atoms with Crippen LogP contribution >= 0.6 is 0 Å². The number of sulfonamides is 1. The summed E-state index contributed by atoms with van der Waals surface area (Å²) in [6, 6.07) is 25.9. The van der Waals surface area contributed by atoms with Crippen LogP contribution in [-0.4, -0.2) is 57.5 Å². The van der Waals surface area contributed by atoms with Gasteiger partial charge in [0.1, 0.15) is 29.9 Å². The van der Waals surface area contributed by atoms with Crippen LogP contribution in [0.15, 0.2) is 108 Å². The van der Waals surface area contributed by atoms with Crippen molar-refractivity contribution in [2.24, 2.45) is 0 Å². The highest BCUT2D eigenvalue weighted by Crippen LogP contribution is 2.27. The van der Waals surface area contributed by atoms with Crippen LogP contribution in [-0.2, 0) is 32.6 Å². The van der Waals surface area contributed by atoms with Crippen LogP contribution in [0.25, 0.3) is 0 Å². The average molecular weight is 662 g/mol. The number of amides is 2. The number of methoxy groups -OCH3 is 1. The number of nitrogens with one attached hydrogen (secondary N) is 1. The highest BCUT2D eigenvalue weighted by molar-refractivity contribution is 7.92. The minimum Gasteiger partial charge on any atom is -0.497 e. The van der Waals surface area contributed by atoms with E-state index in [2.05, 4.69) is 5.32 Å². The van der Waals surface area contributed by atoms with Crippen molar-refractivity contribution >= 4 is 27.5 Å². The largest absolute Gasteiger partial charge is 0.497 e. The maximum Gasteiger partial charge on any atom is 0.264 e. The Hall–Kier alpha value is -4.90. The van der Waals surface area contributed by atoms with Crippen molar-refractivity contribution in [3.8, 4) is 11.5 Å². The zero-order valence-electron chi connectivity index (χ0n) is 26.9. The second kappa shape index (κ2) is 16.1. The number of anilines is 1. The van der Waals surface area contributed by atoms with Crippen molar-refractivity contribution in [1.82, 2.24) is 10.2 Å². The molecule has 1 unspecified atom stereocenters. The van der Waals surface area contributed by atoms with E-state index in [4.69, 9.17) is 9.47 Å². The van der Waals surface area contributed by atoms with E-state index >= 15 is 0 Å². The van der Waals surface area contributed by atoms with Crippen molar-refractivity contribution in [3.63, 3.8) is 0 Å². The standard InChI is InChI=1S/C36H40FN3O6S/c1-5-46-31-18-20-33(21-19-31)47(43,44)40(30-16-14-29(37)15-17-30)25-35(41)39(24-28-12-9-13-32(22-28)45-4)34(36(42)38-26(2)3)23-27-10-7-6-8-11-27/h6-22,26,34H,5,23-25H2,1-4H3,(H,38,42). The number of halogens is 1. The van der Waals surface area contributed by atoms with Crippen LogP contribution in [0.1, 0.15) is 31.9 Å². The van der Waals surface area contributed by atoms with Gasteiger partial charge in [0.05, 0.1) is 24.3 Å². The fourth-order valence-electron chi connectivity index (χ4n) is 5.04. The van der Waals surface area contributed by atoms with Crippen LogP contribution in [0.5, 0.6) is 11.5 Å². The fraction of sp³-hybridized carbons (Fsp3) is 0.278. The Morgan fingerprint density at radius 3 is 2.13 bits per heavy atom. The van der Waals surface area contributed by atoms with E-state index in [9.17, 15) is 22.4 Å². The second-order valence-corrected chi connectivity index (χ2v) is 13.0. The van der Waals surface area contributed by atoms with E-state index in [-0.39, 0.29) is 35.5 Å². The highest BCUT2D eigenvalue weighted by atomic mass is 32.2. The number of carbonyl (C=O) groups excluding carboxylic acids is 2.